The zero-order valence-electron chi connectivity index (χ0n) is 25.2. The number of hydrogen-bond acceptors (Lipinski definition) is 6. The number of aromatic amines is 1. The Hall–Kier alpha value is -4.98. The Morgan fingerprint density at radius 1 is 0.800 bits per heavy atom. The third-order valence-electron chi connectivity index (χ3n) is 8.56. The first-order valence-electron chi connectivity index (χ1n) is 15.6. The van der Waals surface area contributed by atoms with Gasteiger partial charge in [0.1, 0.15) is 5.82 Å². The highest BCUT2D eigenvalue weighted by Crippen LogP contribution is 2.35. The smallest absolute Gasteiger partial charge is 0.193 e. The van der Waals surface area contributed by atoms with E-state index in [2.05, 4.69) is 50.5 Å². The van der Waals surface area contributed by atoms with Crippen LogP contribution in [0.3, 0.4) is 0 Å². The van der Waals surface area contributed by atoms with Gasteiger partial charge in [-0.05, 0) is 72.4 Å². The van der Waals surface area contributed by atoms with Gasteiger partial charge in [-0.25, -0.2) is 4.98 Å². The number of ketones is 1. The van der Waals surface area contributed by atoms with E-state index in [0.29, 0.717) is 17.7 Å². The van der Waals surface area contributed by atoms with Gasteiger partial charge >= 0.3 is 0 Å². The molecule has 3 heterocycles. The quantitative estimate of drug-likeness (QED) is 0.158. The third kappa shape index (κ3) is 6.75. The van der Waals surface area contributed by atoms with Crippen LogP contribution in [0.4, 0.5) is 0 Å². The first kappa shape index (κ1) is 28.8. The highest BCUT2D eigenvalue weighted by molar-refractivity contribution is 6.10. The summed E-state index contributed by atoms with van der Waals surface area (Å²) in [6.07, 6.45) is 6.99. The number of nitrogens with zero attached hydrogens (tertiary/aromatic N) is 4. The zero-order valence-corrected chi connectivity index (χ0v) is 25.2. The van der Waals surface area contributed by atoms with Gasteiger partial charge in [-0.2, -0.15) is 0 Å². The number of hydrogen-bond donors (Lipinski definition) is 2. The molecule has 45 heavy (non-hydrogen) atoms. The molecule has 0 bridgehead atoms. The largest absolute Gasteiger partial charge is 0.341 e. The maximum Gasteiger partial charge on any atom is 0.193 e. The highest BCUT2D eigenvalue weighted by Gasteiger charge is 2.28. The van der Waals surface area contributed by atoms with Gasteiger partial charge in [0.05, 0.1) is 35.0 Å². The van der Waals surface area contributed by atoms with Crippen LogP contribution < -0.4 is 5.32 Å². The van der Waals surface area contributed by atoms with Crippen molar-refractivity contribution in [3.05, 3.63) is 161 Å². The lowest BCUT2D eigenvalue weighted by atomic mass is 9.90. The number of carbonyl (C=O) groups is 1. The van der Waals surface area contributed by atoms with E-state index in [1.54, 1.807) is 0 Å². The van der Waals surface area contributed by atoms with Crippen molar-refractivity contribution in [3.8, 4) is 0 Å². The molecule has 0 spiro atoms. The molecule has 1 aliphatic carbocycles. The maximum atomic E-state index is 13.1. The lowest BCUT2D eigenvalue weighted by Gasteiger charge is -2.34. The Labute approximate surface area is 263 Å². The molecule has 7 heteroatoms. The predicted molar refractivity (Wildman–Crippen MR) is 176 cm³/mol. The highest BCUT2D eigenvalue weighted by atomic mass is 16.1. The molecule has 0 amide bonds. The molecule has 1 unspecified atom stereocenters. The van der Waals surface area contributed by atoms with E-state index in [9.17, 15) is 4.79 Å². The molecular formula is C38H36N6O. The zero-order chi connectivity index (χ0) is 30.4. The minimum Gasteiger partial charge on any atom is -0.341 e. The topological polar surface area (TPSA) is 86.8 Å². The molecule has 0 aliphatic heterocycles. The standard InChI is InChI=1S/C38H36N6O/c45-38(30-8-2-1-3-9-30)31-18-19-33-34(22-31)43-36(42-33)26-44(35-13-6-10-29-11-7-21-41-37(29)35)25-28-16-14-27(15-17-28)23-39-24-32-12-4-5-20-40-32/h1-5,7-9,11-12,14-22,35,39H,6,10,13,23-26H2,(H,42,43). The fourth-order valence-electron chi connectivity index (χ4n) is 6.27. The second kappa shape index (κ2) is 13.3. The molecule has 7 rings (SSSR count). The minimum atomic E-state index is 0.00365. The summed E-state index contributed by atoms with van der Waals surface area (Å²) in [5, 5.41) is 3.49. The van der Waals surface area contributed by atoms with E-state index in [0.717, 1.165) is 61.4 Å². The molecule has 0 radical (unpaired) electrons. The van der Waals surface area contributed by atoms with Crippen LogP contribution in [-0.2, 0) is 32.6 Å². The number of aromatic nitrogens is 4. The molecule has 1 atom stereocenters. The SMILES string of the molecule is O=C(c1ccccc1)c1ccc2[nH]c(CN(Cc3ccc(CNCc4ccccn4)cc3)C3CCCc4cccnc43)nc2c1. The molecule has 0 saturated carbocycles. The van der Waals surface area contributed by atoms with Gasteiger partial charge in [-0.3, -0.25) is 19.7 Å². The van der Waals surface area contributed by atoms with Crippen molar-refractivity contribution >= 4 is 16.8 Å². The summed E-state index contributed by atoms with van der Waals surface area (Å²) in [4.78, 5) is 33.3. The van der Waals surface area contributed by atoms with Crippen LogP contribution in [0.1, 0.15) is 68.7 Å². The summed E-state index contributed by atoms with van der Waals surface area (Å²) in [5.41, 5.74) is 9.09. The third-order valence-corrected chi connectivity index (χ3v) is 8.56. The Kier molecular flexibility index (Phi) is 8.53. The second-order valence-electron chi connectivity index (χ2n) is 11.7. The summed E-state index contributed by atoms with van der Waals surface area (Å²) in [6, 6.07) is 34.4. The van der Waals surface area contributed by atoms with Gasteiger partial charge in [-0.15, -0.1) is 0 Å². The summed E-state index contributed by atoms with van der Waals surface area (Å²) >= 11 is 0. The van der Waals surface area contributed by atoms with E-state index in [4.69, 9.17) is 9.97 Å². The summed E-state index contributed by atoms with van der Waals surface area (Å²) in [7, 11) is 0. The summed E-state index contributed by atoms with van der Waals surface area (Å²) in [6.45, 7) is 2.94. The van der Waals surface area contributed by atoms with Crippen molar-refractivity contribution in [2.75, 3.05) is 0 Å². The Bertz CT molecular complexity index is 1890. The molecule has 3 aromatic carbocycles. The number of rotatable bonds is 11. The number of carbonyl (C=O) groups excluding carboxylic acids is 1. The van der Waals surface area contributed by atoms with Crippen molar-refractivity contribution in [1.82, 2.24) is 30.2 Å². The van der Waals surface area contributed by atoms with Crippen LogP contribution in [0.15, 0.2) is 116 Å². The van der Waals surface area contributed by atoms with Crippen LogP contribution in [0, 0.1) is 0 Å². The monoisotopic (exact) mass is 592 g/mol. The number of nitrogens with one attached hydrogen (secondary N) is 2. The van der Waals surface area contributed by atoms with Gasteiger partial charge in [0.2, 0.25) is 0 Å². The predicted octanol–water partition coefficient (Wildman–Crippen LogP) is 6.95. The Morgan fingerprint density at radius 3 is 2.47 bits per heavy atom. The number of aryl methyl sites for hydroxylation is 1. The Morgan fingerprint density at radius 2 is 1.62 bits per heavy atom. The first-order chi connectivity index (χ1) is 22.2. The normalized spacial score (nSPS) is 14.5. The molecule has 6 aromatic rings. The van der Waals surface area contributed by atoms with Gasteiger partial charge in [-0.1, -0.05) is 66.7 Å². The Balaban J connectivity index is 1.11. The van der Waals surface area contributed by atoms with Gasteiger partial charge < -0.3 is 10.3 Å². The van der Waals surface area contributed by atoms with Crippen LogP contribution in [0.5, 0.6) is 0 Å². The molecule has 7 nitrogen and oxygen atoms in total. The van der Waals surface area contributed by atoms with Crippen LogP contribution in [-0.4, -0.2) is 30.6 Å². The molecule has 2 N–H and O–H groups in total. The van der Waals surface area contributed by atoms with Gasteiger partial charge in [0.25, 0.3) is 0 Å². The van der Waals surface area contributed by atoms with E-state index >= 15 is 0 Å². The molecule has 0 saturated heterocycles. The van der Waals surface area contributed by atoms with Crippen molar-refractivity contribution < 1.29 is 4.79 Å². The van der Waals surface area contributed by atoms with E-state index < -0.39 is 0 Å². The molecule has 0 fully saturated rings. The summed E-state index contributed by atoms with van der Waals surface area (Å²) < 4.78 is 0. The fraction of sp³-hybridized carbons (Fsp3) is 0.211. The van der Waals surface area contributed by atoms with Crippen molar-refractivity contribution in [2.24, 2.45) is 0 Å². The number of benzene rings is 3. The lowest BCUT2D eigenvalue weighted by Crippen LogP contribution is -2.31. The average Bonchev–Trinajstić information content (AvgIpc) is 3.51. The first-order valence-corrected chi connectivity index (χ1v) is 15.6. The number of imidazole rings is 1. The fourth-order valence-corrected chi connectivity index (χ4v) is 6.27. The van der Waals surface area contributed by atoms with E-state index in [-0.39, 0.29) is 11.8 Å². The van der Waals surface area contributed by atoms with Gasteiger partial charge in [0, 0.05) is 43.2 Å². The lowest BCUT2D eigenvalue weighted by molar-refractivity contribution is 0.103. The van der Waals surface area contributed by atoms with E-state index in [1.807, 2.05) is 85.2 Å². The number of fused-ring (bicyclic) bond motifs is 2. The minimum absolute atomic E-state index is 0.00365. The van der Waals surface area contributed by atoms with E-state index in [1.165, 1.54) is 22.4 Å². The molecule has 1 aliphatic rings. The number of pyridine rings is 2. The van der Waals surface area contributed by atoms with Gasteiger partial charge in [0.15, 0.2) is 5.78 Å². The van der Waals surface area contributed by atoms with Crippen molar-refractivity contribution in [2.45, 2.75) is 51.5 Å². The average molecular weight is 593 g/mol. The molecular weight excluding hydrogens is 556 g/mol. The van der Waals surface area contributed by atoms with Crippen LogP contribution >= 0.6 is 0 Å². The van der Waals surface area contributed by atoms with Crippen molar-refractivity contribution in [1.29, 1.82) is 0 Å². The second-order valence-corrected chi connectivity index (χ2v) is 11.7. The summed E-state index contributed by atoms with van der Waals surface area (Å²) in [5.74, 6) is 0.886. The number of H-pyrrole nitrogens is 1. The maximum absolute atomic E-state index is 13.1. The van der Waals surface area contributed by atoms with Crippen LogP contribution in [0.25, 0.3) is 11.0 Å². The molecule has 224 valence electrons. The van der Waals surface area contributed by atoms with Crippen LogP contribution in [0.2, 0.25) is 0 Å². The van der Waals surface area contributed by atoms with Crippen molar-refractivity contribution in [3.63, 3.8) is 0 Å². The molecule has 3 aromatic heterocycles.